The van der Waals surface area contributed by atoms with E-state index >= 15 is 0 Å². The normalized spacial score (nSPS) is 11.0. The molecule has 4 N–H and O–H groups in total. The number of nitrogens with one attached hydrogen (secondary N) is 2. The molecule has 0 aromatic heterocycles. The smallest absolute Gasteiger partial charge is 0.321 e. The molecule has 0 fully saturated rings. The summed E-state index contributed by atoms with van der Waals surface area (Å²) in [6.45, 7) is -0.185. The molecule has 9 heteroatoms. The summed E-state index contributed by atoms with van der Waals surface area (Å²) in [7, 11) is -3.34. The minimum absolute atomic E-state index is 0.111. The van der Waals surface area contributed by atoms with Crippen LogP contribution in [0.3, 0.4) is 0 Å². The molecule has 1 rings (SSSR count). The quantitative estimate of drug-likeness (QED) is 0.559. The largest absolute Gasteiger partial charge is 0.395 e. The molecule has 0 aliphatic rings. The third-order valence-corrected chi connectivity index (χ3v) is 3.07. The average molecular weight is 317 g/mol. The Labute approximate surface area is 123 Å². The van der Waals surface area contributed by atoms with Gasteiger partial charge in [0, 0.05) is 24.5 Å². The molecule has 0 aliphatic heterocycles. The summed E-state index contributed by atoms with van der Waals surface area (Å²) in [5.74, 6) is 0. The van der Waals surface area contributed by atoms with E-state index in [1.165, 1.54) is 17.0 Å². The Balaban J connectivity index is 2.68. The number of hydrogen-bond donors (Lipinski definition) is 4. The number of nitrogens with zero attached hydrogens (tertiary/aromatic N) is 1. The van der Waals surface area contributed by atoms with Crippen LogP contribution in [-0.4, -0.2) is 62.1 Å². The number of urea groups is 1. The second kappa shape index (κ2) is 7.81. The van der Waals surface area contributed by atoms with Crippen molar-refractivity contribution < 1.29 is 23.4 Å². The zero-order valence-electron chi connectivity index (χ0n) is 11.6. The van der Waals surface area contributed by atoms with E-state index in [1.807, 2.05) is 0 Å². The number of rotatable bonds is 7. The van der Waals surface area contributed by atoms with E-state index in [9.17, 15) is 13.2 Å². The van der Waals surface area contributed by atoms with Crippen molar-refractivity contribution in [1.29, 1.82) is 0 Å². The third kappa shape index (κ3) is 6.43. The summed E-state index contributed by atoms with van der Waals surface area (Å²) in [6.07, 6.45) is 1.05. The number of amides is 2. The molecule has 0 unspecified atom stereocenters. The maximum atomic E-state index is 11.9. The zero-order chi connectivity index (χ0) is 15.9. The van der Waals surface area contributed by atoms with Crippen LogP contribution >= 0.6 is 0 Å². The molecule has 0 atom stereocenters. The van der Waals surface area contributed by atoms with Crippen LogP contribution in [0.15, 0.2) is 24.3 Å². The van der Waals surface area contributed by atoms with Gasteiger partial charge in [-0.15, -0.1) is 0 Å². The molecule has 1 aromatic rings. The van der Waals surface area contributed by atoms with Crippen molar-refractivity contribution in [3.8, 4) is 0 Å². The molecule has 21 heavy (non-hydrogen) atoms. The van der Waals surface area contributed by atoms with E-state index in [0.29, 0.717) is 11.4 Å². The zero-order valence-corrected chi connectivity index (χ0v) is 12.4. The second-order valence-electron chi connectivity index (χ2n) is 4.32. The summed E-state index contributed by atoms with van der Waals surface area (Å²) in [5.41, 5.74) is 0.859. The van der Waals surface area contributed by atoms with E-state index in [4.69, 9.17) is 10.2 Å². The minimum Gasteiger partial charge on any atom is -0.395 e. The van der Waals surface area contributed by atoms with Gasteiger partial charge in [-0.1, -0.05) is 0 Å². The van der Waals surface area contributed by atoms with Crippen molar-refractivity contribution in [2.45, 2.75) is 0 Å². The van der Waals surface area contributed by atoms with Crippen molar-refractivity contribution in [1.82, 2.24) is 4.90 Å². The maximum Gasteiger partial charge on any atom is 0.321 e. The van der Waals surface area contributed by atoms with Crippen molar-refractivity contribution in [3.05, 3.63) is 24.3 Å². The molecular formula is C12H19N3O5S. The molecule has 1 aromatic carbocycles. The van der Waals surface area contributed by atoms with Crippen LogP contribution in [0.4, 0.5) is 16.2 Å². The fourth-order valence-electron chi connectivity index (χ4n) is 1.59. The third-order valence-electron chi connectivity index (χ3n) is 2.47. The van der Waals surface area contributed by atoms with Crippen molar-refractivity contribution in [2.24, 2.45) is 0 Å². The Kier molecular flexibility index (Phi) is 6.40. The first kappa shape index (κ1) is 17.2. The van der Waals surface area contributed by atoms with Gasteiger partial charge in [0.25, 0.3) is 0 Å². The molecule has 0 spiro atoms. The number of carbonyl (C=O) groups excluding carboxylic acids is 1. The fourth-order valence-corrected chi connectivity index (χ4v) is 2.16. The number of aliphatic hydroxyl groups is 2. The highest BCUT2D eigenvalue weighted by atomic mass is 32.2. The van der Waals surface area contributed by atoms with Crippen molar-refractivity contribution in [3.63, 3.8) is 0 Å². The Morgan fingerprint density at radius 3 is 2.00 bits per heavy atom. The van der Waals surface area contributed by atoms with Crippen LogP contribution < -0.4 is 10.0 Å². The molecule has 0 heterocycles. The van der Waals surface area contributed by atoms with Gasteiger partial charge in [-0.25, -0.2) is 13.2 Å². The Hall–Kier alpha value is -1.84. The van der Waals surface area contributed by atoms with Crippen LogP contribution in [0.1, 0.15) is 0 Å². The van der Waals surface area contributed by atoms with Gasteiger partial charge >= 0.3 is 6.03 Å². The van der Waals surface area contributed by atoms with Crippen LogP contribution in [0.25, 0.3) is 0 Å². The lowest BCUT2D eigenvalue weighted by atomic mass is 10.3. The minimum atomic E-state index is -3.34. The molecule has 8 nitrogen and oxygen atoms in total. The van der Waals surface area contributed by atoms with Gasteiger partial charge in [0.15, 0.2) is 0 Å². The van der Waals surface area contributed by atoms with Gasteiger partial charge < -0.3 is 20.4 Å². The first-order chi connectivity index (χ1) is 9.85. The van der Waals surface area contributed by atoms with Crippen molar-refractivity contribution >= 4 is 27.4 Å². The summed E-state index contributed by atoms with van der Waals surface area (Å²) >= 11 is 0. The van der Waals surface area contributed by atoms with E-state index in [1.54, 1.807) is 12.1 Å². The van der Waals surface area contributed by atoms with Gasteiger partial charge in [-0.2, -0.15) is 0 Å². The lowest BCUT2D eigenvalue weighted by Gasteiger charge is -2.21. The summed E-state index contributed by atoms with van der Waals surface area (Å²) < 4.78 is 24.4. The maximum absolute atomic E-state index is 11.9. The van der Waals surface area contributed by atoms with Gasteiger partial charge in [0.2, 0.25) is 10.0 Å². The molecule has 0 radical (unpaired) electrons. The number of hydrogen-bond acceptors (Lipinski definition) is 5. The van der Waals surface area contributed by atoms with Crippen LogP contribution in [0.2, 0.25) is 0 Å². The fraction of sp³-hybridized carbons (Fsp3) is 0.417. The number of aliphatic hydroxyl groups excluding tert-OH is 2. The molecule has 0 aliphatic carbocycles. The SMILES string of the molecule is CS(=O)(=O)Nc1ccc(NC(=O)N(CCO)CCO)cc1. The number of sulfonamides is 1. The van der Waals surface area contributed by atoms with E-state index in [2.05, 4.69) is 10.0 Å². The monoisotopic (exact) mass is 317 g/mol. The summed E-state index contributed by atoms with van der Waals surface area (Å²) in [4.78, 5) is 13.2. The number of benzene rings is 1. The first-order valence-electron chi connectivity index (χ1n) is 6.21. The van der Waals surface area contributed by atoms with E-state index in [0.717, 1.165) is 6.26 Å². The molecule has 0 bridgehead atoms. The highest BCUT2D eigenvalue weighted by molar-refractivity contribution is 7.92. The van der Waals surface area contributed by atoms with Crippen LogP contribution in [0, 0.1) is 0 Å². The molecule has 2 amide bonds. The summed E-state index contributed by atoms with van der Waals surface area (Å²) in [6, 6.07) is 5.66. The number of anilines is 2. The van der Waals surface area contributed by atoms with Gasteiger partial charge in [0.1, 0.15) is 0 Å². The Morgan fingerprint density at radius 2 is 1.57 bits per heavy atom. The molecule has 0 saturated heterocycles. The lowest BCUT2D eigenvalue weighted by Crippen LogP contribution is -2.38. The standard InChI is InChI=1S/C12H19N3O5S/c1-21(19,20)14-11-4-2-10(3-5-11)13-12(18)15(6-8-16)7-9-17/h2-5,14,16-17H,6-9H2,1H3,(H,13,18). The topological polar surface area (TPSA) is 119 Å². The Bertz CT molecular complexity index is 553. The highest BCUT2D eigenvalue weighted by Crippen LogP contribution is 2.14. The predicted octanol–water partition coefficient (Wildman–Crippen LogP) is -0.123. The summed E-state index contributed by atoms with van der Waals surface area (Å²) in [5, 5.41) is 20.3. The molecule has 0 saturated carbocycles. The Morgan fingerprint density at radius 1 is 1.10 bits per heavy atom. The van der Waals surface area contributed by atoms with Crippen LogP contribution in [-0.2, 0) is 10.0 Å². The van der Waals surface area contributed by atoms with E-state index in [-0.39, 0.29) is 26.3 Å². The van der Waals surface area contributed by atoms with Crippen LogP contribution in [0.5, 0.6) is 0 Å². The van der Waals surface area contributed by atoms with Crippen molar-refractivity contribution in [2.75, 3.05) is 42.6 Å². The molecule has 118 valence electrons. The highest BCUT2D eigenvalue weighted by Gasteiger charge is 2.12. The number of carbonyl (C=O) groups is 1. The average Bonchev–Trinajstić information content (AvgIpc) is 2.39. The second-order valence-corrected chi connectivity index (χ2v) is 6.06. The predicted molar refractivity (Wildman–Crippen MR) is 79.7 cm³/mol. The van der Waals surface area contributed by atoms with Gasteiger partial charge in [-0.3, -0.25) is 4.72 Å². The van der Waals surface area contributed by atoms with Gasteiger partial charge in [-0.05, 0) is 24.3 Å². The lowest BCUT2D eigenvalue weighted by molar-refractivity contribution is 0.167. The first-order valence-corrected chi connectivity index (χ1v) is 8.10. The van der Waals surface area contributed by atoms with Gasteiger partial charge in [0.05, 0.1) is 19.5 Å². The molecular weight excluding hydrogens is 298 g/mol. The van der Waals surface area contributed by atoms with E-state index < -0.39 is 16.1 Å².